The molecule has 3 heterocycles. The topological polar surface area (TPSA) is 111 Å². The Hall–Kier alpha value is -2.84. The maximum absolute atomic E-state index is 12.7. The summed E-state index contributed by atoms with van der Waals surface area (Å²) in [5.74, 6) is -1.93. The number of rotatable bonds is 6. The predicted octanol–water partition coefficient (Wildman–Crippen LogP) is 0.410. The van der Waals surface area contributed by atoms with E-state index in [4.69, 9.17) is 9.52 Å². The molecule has 3 amide bonds. The van der Waals surface area contributed by atoms with E-state index in [1.54, 1.807) is 24.1 Å². The number of hydrogen-bond acceptors (Lipinski definition) is 5. The summed E-state index contributed by atoms with van der Waals surface area (Å²) in [6.07, 6.45) is 2.85. The second-order valence-corrected chi connectivity index (χ2v) is 7.47. The maximum atomic E-state index is 12.7. The highest BCUT2D eigenvalue weighted by Crippen LogP contribution is 2.22. The molecule has 2 atom stereocenters. The number of furan rings is 1. The highest BCUT2D eigenvalue weighted by atomic mass is 16.4. The monoisotopic (exact) mass is 391 g/mol. The zero-order valence-electron chi connectivity index (χ0n) is 15.9. The average molecular weight is 391 g/mol. The molecule has 9 heteroatoms. The van der Waals surface area contributed by atoms with Crippen molar-refractivity contribution >= 4 is 23.7 Å². The molecule has 1 aromatic heterocycles. The molecule has 0 bridgehead atoms. The van der Waals surface area contributed by atoms with E-state index in [1.807, 2.05) is 0 Å². The third kappa shape index (κ3) is 4.52. The fourth-order valence-corrected chi connectivity index (χ4v) is 3.78. The lowest BCUT2D eigenvalue weighted by Crippen LogP contribution is -2.47. The van der Waals surface area contributed by atoms with Crippen molar-refractivity contribution in [2.24, 2.45) is 11.8 Å². The van der Waals surface area contributed by atoms with E-state index in [9.17, 15) is 19.2 Å². The standard InChI is InChI=1S/C19H25N3O6/c1-20(12-17(24)21-6-2-4-13(9-21)19(26)27)18(25)14-8-16(23)22(10-14)11-15-5-3-7-28-15/h3,5,7,13-14H,2,4,6,8-12H2,1H3,(H,26,27). The molecule has 9 nitrogen and oxygen atoms in total. The lowest BCUT2D eigenvalue weighted by Gasteiger charge is -2.32. The van der Waals surface area contributed by atoms with Crippen molar-refractivity contribution in [2.75, 3.05) is 33.2 Å². The molecule has 0 aromatic carbocycles. The third-order valence-corrected chi connectivity index (χ3v) is 5.36. The molecular weight excluding hydrogens is 366 g/mol. The first kappa shape index (κ1) is 19.9. The van der Waals surface area contributed by atoms with Gasteiger partial charge in [0.05, 0.1) is 31.2 Å². The minimum Gasteiger partial charge on any atom is -0.481 e. The SMILES string of the molecule is CN(CC(=O)N1CCCC(C(=O)O)C1)C(=O)C1CC(=O)N(Cc2ccco2)C1. The number of nitrogens with zero attached hydrogens (tertiary/aromatic N) is 3. The van der Waals surface area contributed by atoms with E-state index < -0.39 is 17.8 Å². The summed E-state index contributed by atoms with van der Waals surface area (Å²) in [5, 5.41) is 9.15. The number of carboxylic acid groups (broad SMARTS) is 1. The predicted molar refractivity (Wildman–Crippen MR) is 96.8 cm³/mol. The summed E-state index contributed by atoms with van der Waals surface area (Å²) < 4.78 is 5.25. The molecule has 2 aliphatic rings. The lowest BCUT2D eigenvalue weighted by molar-refractivity contribution is -0.147. The number of piperidine rings is 1. The van der Waals surface area contributed by atoms with Gasteiger partial charge in [-0.3, -0.25) is 19.2 Å². The van der Waals surface area contributed by atoms with E-state index in [0.717, 1.165) is 0 Å². The zero-order chi connectivity index (χ0) is 20.3. The van der Waals surface area contributed by atoms with Crippen molar-refractivity contribution in [3.05, 3.63) is 24.2 Å². The van der Waals surface area contributed by atoms with Crippen LogP contribution in [0.25, 0.3) is 0 Å². The number of likely N-dealkylation sites (tertiary alicyclic amines) is 2. The Kier molecular flexibility index (Phi) is 6.01. The van der Waals surface area contributed by atoms with Gasteiger partial charge >= 0.3 is 5.97 Å². The molecule has 2 unspecified atom stereocenters. The minimum absolute atomic E-state index is 0.114. The van der Waals surface area contributed by atoms with Gasteiger partial charge in [0, 0.05) is 33.1 Å². The molecule has 2 saturated heterocycles. The van der Waals surface area contributed by atoms with Gasteiger partial charge < -0.3 is 24.2 Å². The zero-order valence-corrected chi connectivity index (χ0v) is 15.9. The molecule has 1 N–H and O–H groups in total. The first-order valence-electron chi connectivity index (χ1n) is 9.41. The van der Waals surface area contributed by atoms with Crippen LogP contribution in [0.2, 0.25) is 0 Å². The minimum atomic E-state index is -0.900. The normalized spacial score (nSPS) is 22.4. The molecular formula is C19H25N3O6. The number of hydrogen-bond donors (Lipinski definition) is 1. The van der Waals surface area contributed by atoms with Crippen LogP contribution in [0.5, 0.6) is 0 Å². The fraction of sp³-hybridized carbons (Fsp3) is 0.579. The van der Waals surface area contributed by atoms with E-state index in [2.05, 4.69) is 0 Å². The van der Waals surface area contributed by atoms with E-state index in [0.29, 0.717) is 38.2 Å². The van der Waals surface area contributed by atoms with E-state index in [1.165, 1.54) is 16.1 Å². The van der Waals surface area contributed by atoms with Crippen LogP contribution in [-0.2, 0) is 25.7 Å². The molecule has 1 aromatic rings. The quantitative estimate of drug-likeness (QED) is 0.752. The number of carboxylic acids is 1. The Morgan fingerprint density at radius 1 is 1.29 bits per heavy atom. The van der Waals surface area contributed by atoms with Gasteiger partial charge in [-0.05, 0) is 25.0 Å². The number of aliphatic carboxylic acids is 1. The van der Waals surface area contributed by atoms with Crippen LogP contribution >= 0.6 is 0 Å². The molecule has 0 saturated carbocycles. The first-order valence-corrected chi connectivity index (χ1v) is 9.41. The van der Waals surface area contributed by atoms with Gasteiger partial charge in [-0.2, -0.15) is 0 Å². The Balaban J connectivity index is 1.52. The summed E-state index contributed by atoms with van der Waals surface area (Å²) in [5.41, 5.74) is 0. The molecule has 2 aliphatic heterocycles. The van der Waals surface area contributed by atoms with Crippen molar-refractivity contribution in [2.45, 2.75) is 25.8 Å². The Labute approximate surface area is 162 Å². The van der Waals surface area contributed by atoms with Gasteiger partial charge in [0.15, 0.2) is 0 Å². The van der Waals surface area contributed by atoms with E-state index in [-0.39, 0.29) is 37.2 Å². The van der Waals surface area contributed by atoms with Crippen molar-refractivity contribution in [1.82, 2.24) is 14.7 Å². The number of amides is 3. The third-order valence-electron chi connectivity index (χ3n) is 5.36. The number of carbonyl (C=O) groups excluding carboxylic acids is 3. The van der Waals surface area contributed by atoms with Crippen molar-refractivity contribution in [3.63, 3.8) is 0 Å². The molecule has 0 radical (unpaired) electrons. The maximum Gasteiger partial charge on any atom is 0.308 e. The van der Waals surface area contributed by atoms with Gasteiger partial charge in [0.25, 0.3) is 0 Å². The fourth-order valence-electron chi connectivity index (χ4n) is 3.78. The van der Waals surface area contributed by atoms with Gasteiger partial charge in [0.1, 0.15) is 5.76 Å². The van der Waals surface area contributed by atoms with Crippen LogP contribution in [0.15, 0.2) is 22.8 Å². The first-order chi connectivity index (χ1) is 13.3. The Bertz CT molecular complexity index is 747. The molecule has 28 heavy (non-hydrogen) atoms. The van der Waals surface area contributed by atoms with Crippen LogP contribution in [-0.4, -0.2) is 76.7 Å². The number of likely N-dealkylation sites (N-methyl/N-ethyl adjacent to an activating group) is 1. The molecule has 2 fully saturated rings. The summed E-state index contributed by atoms with van der Waals surface area (Å²) in [4.78, 5) is 52.9. The Morgan fingerprint density at radius 3 is 2.75 bits per heavy atom. The lowest BCUT2D eigenvalue weighted by atomic mass is 9.98. The van der Waals surface area contributed by atoms with Gasteiger partial charge in [0.2, 0.25) is 17.7 Å². The Morgan fingerprint density at radius 2 is 2.07 bits per heavy atom. The van der Waals surface area contributed by atoms with Crippen molar-refractivity contribution in [3.8, 4) is 0 Å². The molecule has 0 spiro atoms. The smallest absolute Gasteiger partial charge is 0.308 e. The molecule has 152 valence electrons. The summed E-state index contributed by atoms with van der Waals surface area (Å²) >= 11 is 0. The second kappa shape index (κ2) is 8.45. The highest BCUT2D eigenvalue weighted by Gasteiger charge is 2.37. The van der Waals surface area contributed by atoms with Crippen molar-refractivity contribution in [1.29, 1.82) is 0 Å². The molecule has 3 rings (SSSR count). The van der Waals surface area contributed by atoms with Crippen LogP contribution in [0, 0.1) is 11.8 Å². The number of carbonyl (C=O) groups is 4. The van der Waals surface area contributed by atoms with Crippen molar-refractivity contribution < 1.29 is 28.7 Å². The highest BCUT2D eigenvalue weighted by molar-refractivity contribution is 5.91. The van der Waals surface area contributed by atoms with E-state index >= 15 is 0 Å². The van der Waals surface area contributed by atoms with Gasteiger partial charge in [-0.1, -0.05) is 0 Å². The average Bonchev–Trinajstić information content (AvgIpc) is 3.31. The molecule has 0 aliphatic carbocycles. The second-order valence-electron chi connectivity index (χ2n) is 7.47. The summed E-state index contributed by atoms with van der Waals surface area (Å²) in [6, 6.07) is 3.52. The summed E-state index contributed by atoms with van der Waals surface area (Å²) in [6.45, 7) is 1.18. The van der Waals surface area contributed by atoms with Crippen LogP contribution in [0.1, 0.15) is 25.0 Å². The van der Waals surface area contributed by atoms with Gasteiger partial charge in [-0.25, -0.2) is 0 Å². The van der Waals surface area contributed by atoms with Crippen LogP contribution in [0.4, 0.5) is 0 Å². The van der Waals surface area contributed by atoms with Gasteiger partial charge in [-0.15, -0.1) is 0 Å². The van der Waals surface area contributed by atoms with Crippen LogP contribution in [0.3, 0.4) is 0 Å². The summed E-state index contributed by atoms with van der Waals surface area (Å²) in [7, 11) is 1.54. The largest absolute Gasteiger partial charge is 0.481 e. The van der Waals surface area contributed by atoms with Crippen LogP contribution < -0.4 is 0 Å².